The third kappa shape index (κ3) is 2.62. The lowest BCUT2D eigenvalue weighted by Gasteiger charge is -2.35. The van der Waals surface area contributed by atoms with Gasteiger partial charge in [-0.3, -0.25) is 4.68 Å². The van der Waals surface area contributed by atoms with Crippen LogP contribution >= 0.6 is 0 Å². The standard InChI is InChI=1S/C12H22N4O2S/c1-4-15-8-11(12(13)14-15)19(17,18)16-6-5-9(2)7-10(16)3/h8-10H,4-7H2,1-3H3,(H2,13,14). The van der Waals surface area contributed by atoms with Crippen LogP contribution in [0.1, 0.15) is 33.6 Å². The number of nitrogens with two attached hydrogens (primary N) is 1. The zero-order valence-corrected chi connectivity index (χ0v) is 12.5. The van der Waals surface area contributed by atoms with Gasteiger partial charge >= 0.3 is 0 Å². The molecule has 108 valence electrons. The van der Waals surface area contributed by atoms with Gasteiger partial charge in [0.25, 0.3) is 0 Å². The highest BCUT2D eigenvalue weighted by Crippen LogP contribution is 2.29. The summed E-state index contributed by atoms with van der Waals surface area (Å²) >= 11 is 0. The van der Waals surface area contributed by atoms with Gasteiger partial charge in [0.1, 0.15) is 4.90 Å². The van der Waals surface area contributed by atoms with E-state index in [1.807, 2.05) is 13.8 Å². The molecule has 0 bridgehead atoms. The van der Waals surface area contributed by atoms with Crippen molar-refractivity contribution in [3.8, 4) is 0 Å². The summed E-state index contributed by atoms with van der Waals surface area (Å²) in [6.07, 6.45) is 3.31. The molecule has 2 heterocycles. The number of aromatic nitrogens is 2. The highest BCUT2D eigenvalue weighted by molar-refractivity contribution is 7.89. The minimum atomic E-state index is -3.53. The fourth-order valence-corrected chi connectivity index (χ4v) is 4.37. The van der Waals surface area contributed by atoms with Gasteiger partial charge in [-0.2, -0.15) is 9.40 Å². The Labute approximate surface area is 114 Å². The quantitative estimate of drug-likeness (QED) is 0.908. The molecule has 1 fully saturated rings. The Morgan fingerprint density at radius 3 is 2.68 bits per heavy atom. The highest BCUT2D eigenvalue weighted by atomic mass is 32.2. The van der Waals surface area contributed by atoms with E-state index in [4.69, 9.17) is 5.73 Å². The topological polar surface area (TPSA) is 81.2 Å². The second kappa shape index (κ2) is 5.13. The van der Waals surface area contributed by atoms with Crippen molar-refractivity contribution in [2.24, 2.45) is 5.92 Å². The highest BCUT2D eigenvalue weighted by Gasteiger charge is 2.35. The molecule has 0 aliphatic carbocycles. The first-order chi connectivity index (χ1) is 8.86. The van der Waals surface area contributed by atoms with Crippen molar-refractivity contribution in [1.82, 2.24) is 14.1 Å². The fraction of sp³-hybridized carbons (Fsp3) is 0.750. The van der Waals surface area contributed by atoms with Crippen LogP contribution in [0.5, 0.6) is 0 Å². The number of rotatable bonds is 3. The number of aryl methyl sites for hydroxylation is 1. The summed E-state index contributed by atoms with van der Waals surface area (Å²) in [7, 11) is -3.53. The van der Waals surface area contributed by atoms with Gasteiger partial charge in [-0.15, -0.1) is 0 Å². The van der Waals surface area contributed by atoms with Crippen LogP contribution in [0.15, 0.2) is 11.1 Å². The molecule has 1 aromatic rings. The van der Waals surface area contributed by atoms with Crippen molar-refractivity contribution < 1.29 is 8.42 Å². The lowest BCUT2D eigenvalue weighted by Crippen LogP contribution is -2.44. The minimum absolute atomic E-state index is 0.0122. The molecule has 0 radical (unpaired) electrons. The molecule has 2 N–H and O–H groups in total. The van der Waals surface area contributed by atoms with Crippen LogP contribution in [-0.2, 0) is 16.6 Å². The maximum atomic E-state index is 12.6. The van der Waals surface area contributed by atoms with E-state index in [-0.39, 0.29) is 16.8 Å². The number of hydrogen-bond acceptors (Lipinski definition) is 4. The van der Waals surface area contributed by atoms with Crippen molar-refractivity contribution in [1.29, 1.82) is 0 Å². The average molecular weight is 286 g/mol. The van der Waals surface area contributed by atoms with E-state index in [1.165, 1.54) is 6.20 Å². The number of sulfonamides is 1. The number of nitrogen functional groups attached to an aromatic ring is 1. The number of anilines is 1. The molecule has 1 aliphatic rings. The van der Waals surface area contributed by atoms with Crippen LogP contribution in [0.2, 0.25) is 0 Å². The average Bonchev–Trinajstić information content (AvgIpc) is 2.70. The predicted octanol–water partition coefficient (Wildman–Crippen LogP) is 1.29. The largest absolute Gasteiger partial charge is 0.381 e. The molecule has 1 saturated heterocycles. The molecule has 2 unspecified atom stereocenters. The van der Waals surface area contributed by atoms with Gasteiger partial charge in [-0.25, -0.2) is 8.42 Å². The third-order valence-corrected chi connectivity index (χ3v) is 5.77. The summed E-state index contributed by atoms with van der Waals surface area (Å²) in [5.74, 6) is 0.657. The van der Waals surface area contributed by atoms with Crippen LogP contribution in [0.3, 0.4) is 0 Å². The maximum absolute atomic E-state index is 12.6. The van der Waals surface area contributed by atoms with E-state index in [1.54, 1.807) is 8.99 Å². The first-order valence-corrected chi connectivity index (χ1v) is 8.15. The lowest BCUT2D eigenvalue weighted by molar-refractivity contribution is 0.220. The first kappa shape index (κ1) is 14.3. The molecule has 1 aliphatic heterocycles. The molecule has 0 spiro atoms. The summed E-state index contributed by atoms with van der Waals surface area (Å²) < 4.78 is 28.4. The fourth-order valence-electron chi connectivity index (χ4n) is 2.65. The van der Waals surface area contributed by atoms with Crippen LogP contribution in [0.4, 0.5) is 5.82 Å². The molecule has 2 rings (SSSR count). The minimum Gasteiger partial charge on any atom is -0.381 e. The maximum Gasteiger partial charge on any atom is 0.248 e. The summed E-state index contributed by atoms with van der Waals surface area (Å²) in [6.45, 7) is 7.17. The Morgan fingerprint density at radius 2 is 2.16 bits per heavy atom. The van der Waals surface area contributed by atoms with Crippen molar-refractivity contribution in [3.63, 3.8) is 0 Å². The van der Waals surface area contributed by atoms with Gasteiger partial charge in [0.15, 0.2) is 5.82 Å². The Hall–Kier alpha value is -1.08. The van der Waals surface area contributed by atoms with Crippen molar-refractivity contribution in [3.05, 3.63) is 6.20 Å². The lowest BCUT2D eigenvalue weighted by atomic mass is 9.95. The number of nitrogens with zero attached hydrogens (tertiary/aromatic N) is 3. The normalized spacial score (nSPS) is 25.6. The van der Waals surface area contributed by atoms with Gasteiger partial charge in [0.2, 0.25) is 10.0 Å². The summed E-state index contributed by atoms with van der Waals surface area (Å²) in [5.41, 5.74) is 5.74. The molecule has 2 atom stereocenters. The predicted molar refractivity (Wildman–Crippen MR) is 74.1 cm³/mol. The SMILES string of the molecule is CCn1cc(S(=O)(=O)N2CCC(C)CC2C)c(N)n1. The zero-order chi connectivity index (χ0) is 14.2. The van der Waals surface area contributed by atoms with E-state index in [2.05, 4.69) is 12.0 Å². The third-order valence-electron chi connectivity index (χ3n) is 3.74. The van der Waals surface area contributed by atoms with E-state index >= 15 is 0 Å². The molecule has 6 nitrogen and oxygen atoms in total. The van der Waals surface area contributed by atoms with Crippen LogP contribution in [0.25, 0.3) is 0 Å². The zero-order valence-electron chi connectivity index (χ0n) is 11.7. The summed E-state index contributed by atoms with van der Waals surface area (Å²) in [6, 6.07) is 0.0122. The molecule has 0 amide bonds. The van der Waals surface area contributed by atoms with Gasteiger partial charge in [0.05, 0.1) is 0 Å². The van der Waals surface area contributed by atoms with Crippen LogP contribution < -0.4 is 5.73 Å². The molecule has 0 saturated carbocycles. The second-order valence-corrected chi connectivity index (χ2v) is 7.19. The molecule has 1 aromatic heterocycles. The van der Waals surface area contributed by atoms with Crippen molar-refractivity contribution in [2.45, 2.75) is 51.1 Å². The molecule has 0 aromatic carbocycles. The molecule has 19 heavy (non-hydrogen) atoms. The van der Waals surface area contributed by atoms with E-state index in [0.717, 1.165) is 12.8 Å². The Morgan fingerprint density at radius 1 is 1.47 bits per heavy atom. The van der Waals surface area contributed by atoms with E-state index < -0.39 is 10.0 Å². The Balaban J connectivity index is 2.34. The van der Waals surface area contributed by atoms with Gasteiger partial charge in [0, 0.05) is 25.3 Å². The van der Waals surface area contributed by atoms with Crippen molar-refractivity contribution in [2.75, 3.05) is 12.3 Å². The van der Waals surface area contributed by atoms with Crippen LogP contribution in [-0.4, -0.2) is 35.1 Å². The summed E-state index contributed by atoms with van der Waals surface area (Å²) in [4.78, 5) is 0.135. The summed E-state index contributed by atoms with van der Waals surface area (Å²) in [5, 5.41) is 4.02. The monoisotopic (exact) mass is 286 g/mol. The van der Waals surface area contributed by atoms with E-state index in [0.29, 0.717) is 19.0 Å². The Kier molecular flexibility index (Phi) is 3.87. The smallest absolute Gasteiger partial charge is 0.248 e. The van der Waals surface area contributed by atoms with Gasteiger partial charge in [-0.1, -0.05) is 6.92 Å². The molecular formula is C12H22N4O2S. The first-order valence-electron chi connectivity index (χ1n) is 6.71. The Bertz CT molecular complexity index is 552. The van der Waals surface area contributed by atoms with Gasteiger partial charge < -0.3 is 5.73 Å². The number of hydrogen-bond donors (Lipinski definition) is 1. The van der Waals surface area contributed by atoms with Crippen LogP contribution in [0, 0.1) is 5.92 Å². The second-order valence-electron chi connectivity index (χ2n) is 5.33. The van der Waals surface area contributed by atoms with E-state index in [9.17, 15) is 8.42 Å². The molecular weight excluding hydrogens is 264 g/mol. The number of piperidine rings is 1. The van der Waals surface area contributed by atoms with Crippen molar-refractivity contribution >= 4 is 15.8 Å². The molecule has 7 heteroatoms. The van der Waals surface area contributed by atoms with Gasteiger partial charge in [-0.05, 0) is 32.6 Å².